The number of allylic oxidation sites excluding steroid dienone is 1. The second kappa shape index (κ2) is 9.73. The van der Waals surface area contributed by atoms with Gasteiger partial charge in [0.05, 0.1) is 22.5 Å². The van der Waals surface area contributed by atoms with Gasteiger partial charge in [0.1, 0.15) is 6.04 Å². The lowest BCUT2D eigenvalue weighted by atomic mass is 9.97. The molecule has 1 atom stereocenters. The highest BCUT2D eigenvalue weighted by molar-refractivity contribution is 5.84. The first-order valence-corrected chi connectivity index (χ1v) is 11.9. The standard InChI is InChI=1S/C26H33N5O2/c1-5-22(25(32)27-16-15-20-9-7-6-8-10-20)31-26(33)24-23(18(3)28-31)19(4)30(29-24)21-13-11-17(2)12-14-21/h9,11-14,22H,5-8,10,15-16H2,1-4H3,(H,27,32)/t22-/m0/s1. The van der Waals surface area contributed by atoms with Gasteiger partial charge in [-0.2, -0.15) is 10.2 Å². The average molecular weight is 448 g/mol. The van der Waals surface area contributed by atoms with Gasteiger partial charge in [0.2, 0.25) is 5.91 Å². The maximum absolute atomic E-state index is 13.4. The van der Waals surface area contributed by atoms with Crippen LogP contribution in [0.5, 0.6) is 0 Å². The molecule has 2 aromatic heterocycles. The fourth-order valence-corrected chi connectivity index (χ4v) is 4.66. The lowest BCUT2D eigenvalue weighted by Crippen LogP contribution is -2.39. The van der Waals surface area contributed by atoms with E-state index in [4.69, 9.17) is 0 Å². The number of hydrogen-bond acceptors (Lipinski definition) is 4. The second-order valence-corrected chi connectivity index (χ2v) is 8.96. The minimum absolute atomic E-state index is 0.169. The molecule has 0 saturated heterocycles. The molecule has 1 N–H and O–H groups in total. The van der Waals surface area contributed by atoms with Crippen LogP contribution in [0.1, 0.15) is 68.4 Å². The number of aryl methyl sites for hydroxylation is 3. The molecule has 33 heavy (non-hydrogen) atoms. The minimum atomic E-state index is -0.661. The highest BCUT2D eigenvalue weighted by Crippen LogP contribution is 2.23. The van der Waals surface area contributed by atoms with Crippen molar-refractivity contribution in [2.24, 2.45) is 0 Å². The van der Waals surface area contributed by atoms with Crippen LogP contribution in [0.25, 0.3) is 16.6 Å². The monoisotopic (exact) mass is 447 g/mol. The van der Waals surface area contributed by atoms with Gasteiger partial charge in [-0.15, -0.1) is 0 Å². The number of aromatic nitrogens is 4. The number of benzene rings is 1. The number of nitrogens with one attached hydrogen (secondary N) is 1. The average Bonchev–Trinajstić information content (AvgIpc) is 3.17. The number of fused-ring (bicyclic) bond motifs is 1. The maximum atomic E-state index is 13.4. The van der Waals surface area contributed by atoms with Gasteiger partial charge in [-0.3, -0.25) is 9.59 Å². The van der Waals surface area contributed by atoms with E-state index in [0.717, 1.165) is 41.6 Å². The summed E-state index contributed by atoms with van der Waals surface area (Å²) in [5, 5.41) is 13.0. The molecule has 1 aliphatic rings. The van der Waals surface area contributed by atoms with Crippen molar-refractivity contribution in [3.63, 3.8) is 0 Å². The van der Waals surface area contributed by atoms with E-state index in [1.54, 1.807) is 4.68 Å². The quantitative estimate of drug-likeness (QED) is 0.542. The van der Waals surface area contributed by atoms with E-state index in [1.807, 2.05) is 52.0 Å². The summed E-state index contributed by atoms with van der Waals surface area (Å²) < 4.78 is 3.10. The Labute approximate surface area is 194 Å². The second-order valence-electron chi connectivity index (χ2n) is 8.96. The van der Waals surface area contributed by atoms with E-state index in [9.17, 15) is 9.59 Å². The van der Waals surface area contributed by atoms with Crippen molar-refractivity contribution in [2.75, 3.05) is 6.54 Å². The Morgan fingerprint density at radius 2 is 1.88 bits per heavy atom. The molecule has 0 saturated carbocycles. The molecule has 1 aliphatic carbocycles. The molecular weight excluding hydrogens is 414 g/mol. The molecule has 7 heteroatoms. The van der Waals surface area contributed by atoms with Crippen LogP contribution in [0.4, 0.5) is 0 Å². The van der Waals surface area contributed by atoms with Gasteiger partial charge in [-0.25, -0.2) is 9.36 Å². The number of nitrogens with zero attached hydrogens (tertiary/aromatic N) is 4. The van der Waals surface area contributed by atoms with Gasteiger partial charge in [0, 0.05) is 6.54 Å². The van der Waals surface area contributed by atoms with Crippen LogP contribution in [0.3, 0.4) is 0 Å². The summed E-state index contributed by atoms with van der Waals surface area (Å²) in [6.45, 7) is 8.32. The largest absolute Gasteiger partial charge is 0.354 e. The molecule has 0 spiro atoms. The highest BCUT2D eigenvalue weighted by atomic mass is 16.2. The Morgan fingerprint density at radius 1 is 1.12 bits per heavy atom. The van der Waals surface area contributed by atoms with Crippen molar-refractivity contribution in [3.05, 3.63) is 63.2 Å². The molecule has 0 radical (unpaired) electrons. The van der Waals surface area contributed by atoms with Crippen LogP contribution < -0.4 is 10.9 Å². The number of carbonyl (C=O) groups is 1. The molecule has 1 aromatic carbocycles. The topological polar surface area (TPSA) is 81.8 Å². The molecule has 2 heterocycles. The van der Waals surface area contributed by atoms with E-state index < -0.39 is 6.04 Å². The normalized spacial score (nSPS) is 14.8. The third kappa shape index (κ3) is 4.63. The van der Waals surface area contributed by atoms with Gasteiger partial charge in [-0.1, -0.05) is 36.3 Å². The predicted octanol–water partition coefficient (Wildman–Crippen LogP) is 4.47. The van der Waals surface area contributed by atoms with E-state index in [0.29, 0.717) is 24.2 Å². The van der Waals surface area contributed by atoms with E-state index in [2.05, 4.69) is 21.6 Å². The first-order chi connectivity index (χ1) is 15.9. The van der Waals surface area contributed by atoms with Crippen LogP contribution in [-0.4, -0.2) is 32.0 Å². The Hall–Kier alpha value is -3.22. The van der Waals surface area contributed by atoms with Crippen molar-refractivity contribution in [1.82, 2.24) is 24.9 Å². The van der Waals surface area contributed by atoms with Crippen molar-refractivity contribution < 1.29 is 4.79 Å². The minimum Gasteiger partial charge on any atom is -0.354 e. The summed E-state index contributed by atoms with van der Waals surface area (Å²) in [5.41, 5.74) is 5.03. The molecule has 7 nitrogen and oxygen atoms in total. The summed E-state index contributed by atoms with van der Waals surface area (Å²) in [4.78, 5) is 26.4. The van der Waals surface area contributed by atoms with Gasteiger partial charge in [-0.05, 0) is 71.4 Å². The zero-order chi connectivity index (χ0) is 23.5. The number of carbonyl (C=O) groups excluding carboxylic acids is 1. The Balaban J connectivity index is 1.62. The Morgan fingerprint density at radius 3 is 2.55 bits per heavy atom. The van der Waals surface area contributed by atoms with Crippen LogP contribution in [0.15, 0.2) is 40.7 Å². The van der Waals surface area contributed by atoms with E-state index in [1.165, 1.54) is 23.1 Å². The van der Waals surface area contributed by atoms with Gasteiger partial charge < -0.3 is 5.32 Å². The summed E-state index contributed by atoms with van der Waals surface area (Å²) >= 11 is 0. The van der Waals surface area contributed by atoms with Crippen LogP contribution in [0, 0.1) is 20.8 Å². The SMILES string of the molecule is CC[C@@H](C(=O)NCCC1=CCCCC1)n1nc(C)c2c(C)n(-c3ccc(C)cc3)nc2c1=O. The first-order valence-electron chi connectivity index (χ1n) is 11.9. The molecule has 0 bridgehead atoms. The van der Waals surface area contributed by atoms with Gasteiger partial charge in [0.15, 0.2) is 5.52 Å². The van der Waals surface area contributed by atoms with Crippen LogP contribution in [-0.2, 0) is 4.79 Å². The van der Waals surface area contributed by atoms with Crippen molar-refractivity contribution in [1.29, 1.82) is 0 Å². The Bertz CT molecular complexity index is 1250. The predicted molar refractivity (Wildman–Crippen MR) is 131 cm³/mol. The highest BCUT2D eigenvalue weighted by Gasteiger charge is 2.25. The number of rotatable bonds is 7. The maximum Gasteiger partial charge on any atom is 0.295 e. The molecule has 0 aliphatic heterocycles. The molecule has 174 valence electrons. The first kappa shape index (κ1) is 23.0. The molecule has 0 unspecified atom stereocenters. The molecule has 3 aromatic rings. The summed E-state index contributed by atoms with van der Waals surface area (Å²) in [6, 6.07) is 7.35. The lowest BCUT2D eigenvalue weighted by Gasteiger charge is -2.18. The van der Waals surface area contributed by atoms with Crippen molar-refractivity contribution in [2.45, 2.75) is 72.3 Å². The molecule has 1 amide bonds. The summed E-state index contributed by atoms with van der Waals surface area (Å²) in [7, 11) is 0. The fraction of sp³-hybridized carbons (Fsp3) is 0.462. The number of hydrogen-bond donors (Lipinski definition) is 1. The van der Waals surface area contributed by atoms with Gasteiger partial charge >= 0.3 is 0 Å². The van der Waals surface area contributed by atoms with Crippen LogP contribution >= 0.6 is 0 Å². The summed E-state index contributed by atoms with van der Waals surface area (Å²) in [5.74, 6) is -0.169. The number of amides is 1. The molecule has 4 rings (SSSR count). The van der Waals surface area contributed by atoms with Crippen LogP contribution in [0.2, 0.25) is 0 Å². The van der Waals surface area contributed by atoms with E-state index in [-0.39, 0.29) is 11.5 Å². The fourth-order valence-electron chi connectivity index (χ4n) is 4.66. The van der Waals surface area contributed by atoms with Crippen molar-refractivity contribution in [3.8, 4) is 5.69 Å². The van der Waals surface area contributed by atoms with E-state index >= 15 is 0 Å². The third-order valence-electron chi connectivity index (χ3n) is 6.54. The lowest BCUT2D eigenvalue weighted by molar-refractivity contribution is -0.124. The molecule has 0 fully saturated rings. The molecular formula is C26H33N5O2. The summed E-state index contributed by atoms with van der Waals surface area (Å²) in [6.07, 6.45) is 8.37. The zero-order valence-corrected chi connectivity index (χ0v) is 20.0. The van der Waals surface area contributed by atoms with Gasteiger partial charge in [0.25, 0.3) is 5.56 Å². The van der Waals surface area contributed by atoms with Crippen molar-refractivity contribution >= 4 is 16.8 Å². The Kier molecular flexibility index (Phi) is 6.77. The smallest absolute Gasteiger partial charge is 0.295 e. The zero-order valence-electron chi connectivity index (χ0n) is 20.0. The third-order valence-corrected chi connectivity index (χ3v) is 6.54.